The molecule has 1 unspecified atom stereocenters. The minimum Gasteiger partial charge on any atom is -0.462 e. The molecule has 2 aromatic carbocycles. The van der Waals surface area contributed by atoms with Crippen molar-refractivity contribution < 1.29 is 19.1 Å². The van der Waals surface area contributed by atoms with E-state index in [9.17, 15) is 9.59 Å². The van der Waals surface area contributed by atoms with Crippen molar-refractivity contribution in [3.8, 4) is 0 Å². The summed E-state index contributed by atoms with van der Waals surface area (Å²) in [7, 11) is 0. The number of benzene rings is 2. The molecule has 2 aromatic rings. The van der Waals surface area contributed by atoms with Gasteiger partial charge in [0.25, 0.3) is 0 Å². The number of primary amides is 1. The Morgan fingerprint density at radius 3 is 1.79 bits per heavy atom. The van der Waals surface area contributed by atoms with E-state index in [1.807, 2.05) is 67.6 Å². The fraction of sp³-hybridized carbons (Fsp3) is 0.391. The van der Waals surface area contributed by atoms with Crippen molar-refractivity contribution in [1.82, 2.24) is 0 Å². The number of nitrogens with two attached hydrogens (primary N) is 1. The minimum absolute atomic E-state index is 0.0372. The zero-order chi connectivity index (χ0) is 22.3. The van der Waals surface area contributed by atoms with Crippen molar-refractivity contribution in [3.63, 3.8) is 0 Å². The van der Waals surface area contributed by atoms with E-state index in [0.29, 0.717) is 6.42 Å². The highest BCUT2D eigenvalue weighted by atomic mass is 32.1. The van der Waals surface area contributed by atoms with Gasteiger partial charge in [0.05, 0.1) is 0 Å². The molecule has 5 nitrogen and oxygen atoms in total. The first-order valence-corrected chi connectivity index (χ1v) is 9.94. The predicted molar refractivity (Wildman–Crippen MR) is 120 cm³/mol. The fourth-order valence-corrected chi connectivity index (χ4v) is 2.20. The number of carbonyl (C=O) groups is 2. The molecule has 29 heavy (non-hydrogen) atoms. The molecule has 0 fully saturated rings. The average Bonchev–Trinajstić information content (AvgIpc) is 2.62. The first-order valence-electron chi connectivity index (χ1n) is 9.49. The van der Waals surface area contributed by atoms with Gasteiger partial charge in [0.15, 0.2) is 0 Å². The SMILES string of the molecule is CC(C)(C)OC(N)=O.CCC(=O)OC(C)Cc1ccccc1.Sc1ccccc1. The molecule has 0 heterocycles. The molecule has 2 N–H and O–H groups in total. The molecule has 0 aliphatic carbocycles. The van der Waals surface area contributed by atoms with Crippen molar-refractivity contribution in [2.24, 2.45) is 5.73 Å². The Bertz CT molecular complexity index is 700. The van der Waals surface area contributed by atoms with Crippen molar-refractivity contribution in [1.29, 1.82) is 0 Å². The molecule has 0 saturated heterocycles. The zero-order valence-corrected chi connectivity index (χ0v) is 18.8. The monoisotopic (exact) mass is 419 g/mol. The summed E-state index contributed by atoms with van der Waals surface area (Å²) in [6.07, 6.45) is 0.466. The molecule has 0 spiro atoms. The number of rotatable bonds is 4. The van der Waals surface area contributed by atoms with Crippen LogP contribution in [0.15, 0.2) is 65.6 Å². The molecular formula is C23H33NO4S. The van der Waals surface area contributed by atoms with Gasteiger partial charge in [-0.15, -0.1) is 12.6 Å². The highest BCUT2D eigenvalue weighted by molar-refractivity contribution is 7.80. The molecule has 6 heteroatoms. The molecule has 2 rings (SSSR count). The summed E-state index contributed by atoms with van der Waals surface area (Å²) < 4.78 is 9.74. The van der Waals surface area contributed by atoms with Gasteiger partial charge in [-0.2, -0.15) is 0 Å². The molecule has 0 aliphatic heterocycles. The molecule has 160 valence electrons. The zero-order valence-electron chi connectivity index (χ0n) is 17.9. The van der Waals surface area contributed by atoms with E-state index in [0.717, 1.165) is 11.3 Å². The maximum Gasteiger partial charge on any atom is 0.405 e. The van der Waals surface area contributed by atoms with Crippen molar-refractivity contribution in [2.45, 2.75) is 64.1 Å². The number of carbonyl (C=O) groups excluding carboxylic acids is 2. The molecule has 0 bridgehead atoms. The van der Waals surface area contributed by atoms with Crippen LogP contribution in [0.4, 0.5) is 4.79 Å². The highest BCUT2D eigenvalue weighted by Crippen LogP contribution is 2.06. The lowest BCUT2D eigenvalue weighted by Gasteiger charge is -2.16. The third-order valence-corrected chi connectivity index (χ3v) is 3.45. The molecule has 0 radical (unpaired) electrons. The van der Waals surface area contributed by atoms with Gasteiger partial charge in [-0.05, 0) is 45.4 Å². The van der Waals surface area contributed by atoms with Crippen molar-refractivity contribution in [2.75, 3.05) is 0 Å². The smallest absolute Gasteiger partial charge is 0.405 e. The molecule has 1 amide bonds. The summed E-state index contributed by atoms with van der Waals surface area (Å²) in [5, 5.41) is 0. The van der Waals surface area contributed by atoms with Gasteiger partial charge >= 0.3 is 12.1 Å². The Labute approximate surface area is 180 Å². The quantitative estimate of drug-likeness (QED) is 0.512. The summed E-state index contributed by atoms with van der Waals surface area (Å²) in [4.78, 5) is 22.0. The summed E-state index contributed by atoms with van der Waals surface area (Å²) >= 11 is 4.08. The second-order valence-corrected chi connectivity index (χ2v) is 7.73. The summed E-state index contributed by atoms with van der Waals surface area (Å²) in [5.74, 6) is -0.131. The van der Waals surface area contributed by atoms with Crippen LogP contribution in [0, 0.1) is 0 Å². The third-order valence-electron chi connectivity index (χ3n) is 3.15. The molecule has 0 saturated carbocycles. The van der Waals surface area contributed by atoms with Gasteiger partial charge in [0.1, 0.15) is 11.7 Å². The highest BCUT2D eigenvalue weighted by Gasteiger charge is 2.12. The number of thiol groups is 1. The number of ether oxygens (including phenoxy) is 2. The number of amides is 1. The second-order valence-electron chi connectivity index (χ2n) is 7.21. The van der Waals surface area contributed by atoms with Crippen molar-refractivity contribution >= 4 is 24.7 Å². The van der Waals surface area contributed by atoms with E-state index < -0.39 is 11.7 Å². The first kappa shape index (κ1) is 26.5. The number of hydrogen-bond donors (Lipinski definition) is 2. The van der Waals surface area contributed by atoms with E-state index in [2.05, 4.69) is 17.4 Å². The third kappa shape index (κ3) is 17.4. The topological polar surface area (TPSA) is 78.6 Å². The summed E-state index contributed by atoms with van der Waals surface area (Å²) in [5.41, 5.74) is 5.46. The van der Waals surface area contributed by atoms with Crippen LogP contribution in [0.1, 0.15) is 46.6 Å². The van der Waals surface area contributed by atoms with Gasteiger partial charge in [-0.3, -0.25) is 4.79 Å². The normalized spacial score (nSPS) is 11.0. The van der Waals surface area contributed by atoms with Crippen LogP contribution in [0.25, 0.3) is 0 Å². The summed E-state index contributed by atoms with van der Waals surface area (Å²) in [6, 6.07) is 19.8. The lowest BCUT2D eigenvalue weighted by Crippen LogP contribution is -2.27. The second kappa shape index (κ2) is 14.5. The summed E-state index contributed by atoms with van der Waals surface area (Å²) in [6.45, 7) is 9.01. The minimum atomic E-state index is -0.725. The van der Waals surface area contributed by atoms with Crippen LogP contribution in [-0.4, -0.2) is 23.8 Å². The van der Waals surface area contributed by atoms with Gasteiger partial charge in [-0.1, -0.05) is 55.5 Å². The van der Waals surface area contributed by atoms with Crippen LogP contribution >= 0.6 is 12.6 Å². The molecular weight excluding hydrogens is 386 g/mol. The fourth-order valence-electron chi connectivity index (χ4n) is 2.03. The van der Waals surface area contributed by atoms with Gasteiger partial charge in [0, 0.05) is 17.7 Å². The maximum atomic E-state index is 11.0. The molecule has 1 atom stereocenters. The van der Waals surface area contributed by atoms with E-state index >= 15 is 0 Å². The Morgan fingerprint density at radius 2 is 1.48 bits per heavy atom. The Morgan fingerprint density at radius 1 is 1.00 bits per heavy atom. The van der Waals surface area contributed by atoms with Crippen LogP contribution in [0.2, 0.25) is 0 Å². The number of hydrogen-bond acceptors (Lipinski definition) is 5. The van der Waals surface area contributed by atoms with Gasteiger partial charge in [-0.25, -0.2) is 4.79 Å². The van der Waals surface area contributed by atoms with Crippen molar-refractivity contribution in [3.05, 3.63) is 66.2 Å². The van der Waals surface area contributed by atoms with E-state index in [1.54, 1.807) is 27.7 Å². The van der Waals surface area contributed by atoms with Crippen LogP contribution < -0.4 is 5.73 Å². The molecule has 0 aromatic heterocycles. The van der Waals surface area contributed by atoms with Crippen LogP contribution in [0.3, 0.4) is 0 Å². The predicted octanol–water partition coefficient (Wildman–Crippen LogP) is 5.43. The van der Waals surface area contributed by atoms with E-state index in [4.69, 9.17) is 10.5 Å². The van der Waals surface area contributed by atoms with Crippen LogP contribution in [-0.2, 0) is 20.7 Å². The Balaban J connectivity index is 0.000000444. The van der Waals surface area contributed by atoms with E-state index in [1.165, 1.54) is 5.56 Å². The van der Waals surface area contributed by atoms with Gasteiger partial charge in [0.2, 0.25) is 0 Å². The maximum absolute atomic E-state index is 11.0. The largest absolute Gasteiger partial charge is 0.462 e. The van der Waals surface area contributed by atoms with E-state index in [-0.39, 0.29) is 12.1 Å². The van der Waals surface area contributed by atoms with Gasteiger partial charge < -0.3 is 15.2 Å². The lowest BCUT2D eigenvalue weighted by atomic mass is 10.1. The standard InChI is InChI=1S/C12H16O2.C6H6S.C5H11NO2/c1-3-12(13)14-10(2)9-11-7-5-4-6-8-11;7-6-4-2-1-3-5-6;1-5(2,3)8-4(6)7/h4-8,10H,3,9H2,1-2H3;1-5,7H;1-3H3,(H2,6,7). The molecule has 0 aliphatic rings. The number of esters is 1. The lowest BCUT2D eigenvalue weighted by molar-refractivity contribution is -0.147. The average molecular weight is 420 g/mol. The Hall–Kier alpha value is -2.47. The first-order chi connectivity index (χ1) is 13.5. The van der Waals surface area contributed by atoms with Crippen LogP contribution in [0.5, 0.6) is 0 Å². The Kier molecular flexibility index (Phi) is 13.3.